The Hall–Kier alpha value is -2.66. The fraction of sp³-hybridized carbons (Fsp3) is 0.417. The molecule has 0 aromatic heterocycles. The van der Waals surface area contributed by atoms with Crippen LogP contribution in [-0.2, 0) is 22.4 Å². The molecule has 1 amide bonds. The first kappa shape index (κ1) is 22.6. The van der Waals surface area contributed by atoms with Crippen molar-refractivity contribution in [2.45, 2.75) is 57.8 Å². The third-order valence-electron chi connectivity index (χ3n) is 4.48. The van der Waals surface area contributed by atoms with Gasteiger partial charge in [-0.2, -0.15) is 0 Å². The average Bonchev–Trinajstić information content (AvgIpc) is 2.67. The monoisotopic (exact) mass is 396 g/mol. The van der Waals surface area contributed by atoms with Gasteiger partial charge < -0.3 is 15.2 Å². The van der Waals surface area contributed by atoms with Crippen molar-refractivity contribution < 1.29 is 19.4 Å². The van der Waals surface area contributed by atoms with E-state index < -0.39 is 29.8 Å². The minimum atomic E-state index is -0.919. The third kappa shape index (κ3) is 8.48. The van der Waals surface area contributed by atoms with Gasteiger partial charge in [0.2, 0.25) is 6.29 Å². The first-order valence-corrected chi connectivity index (χ1v) is 9.90. The summed E-state index contributed by atoms with van der Waals surface area (Å²) in [6, 6.07) is 18.6. The first-order valence-electron chi connectivity index (χ1n) is 9.90. The van der Waals surface area contributed by atoms with E-state index in [1.54, 1.807) is 20.8 Å². The number of aliphatic hydroxyl groups excluding tert-OH is 1. The molecule has 0 heterocycles. The van der Waals surface area contributed by atoms with Crippen molar-refractivity contribution in [3.8, 4) is 0 Å². The van der Waals surface area contributed by atoms with Crippen molar-refractivity contribution in [3.63, 3.8) is 0 Å². The minimum Gasteiger partial charge on any atom is -0.444 e. The van der Waals surface area contributed by atoms with Gasteiger partial charge >= 0.3 is 6.09 Å². The number of amides is 1. The van der Waals surface area contributed by atoms with E-state index >= 15 is 0 Å². The second-order valence-electron chi connectivity index (χ2n) is 8.25. The molecular weight excluding hydrogens is 366 g/mol. The summed E-state index contributed by atoms with van der Waals surface area (Å²) in [7, 11) is 0. The van der Waals surface area contributed by atoms with E-state index in [4.69, 9.17) is 4.74 Å². The zero-order chi connectivity index (χ0) is 21.3. The molecule has 2 aromatic rings. The van der Waals surface area contributed by atoms with Gasteiger partial charge in [-0.25, -0.2) is 4.79 Å². The van der Waals surface area contributed by atoms with Crippen LogP contribution in [0.25, 0.3) is 0 Å². The quantitative estimate of drug-likeness (QED) is 0.675. The van der Waals surface area contributed by atoms with Gasteiger partial charge in [0.1, 0.15) is 5.60 Å². The van der Waals surface area contributed by atoms with Crippen molar-refractivity contribution in [2.75, 3.05) is 0 Å². The van der Waals surface area contributed by atoms with Crippen LogP contribution in [0.3, 0.4) is 0 Å². The molecule has 0 spiro atoms. The van der Waals surface area contributed by atoms with Gasteiger partial charge in [0.25, 0.3) is 0 Å². The van der Waals surface area contributed by atoms with Crippen molar-refractivity contribution >= 4 is 12.4 Å². The predicted octanol–water partition coefficient (Wildman–Crippen LogP) is 3.84. The van der Waals surface area contributed by atoms with Gasteiger partial charge in [0.05, 0.1) is 12.1 Å². The highest BCUT2D eigenvalue weighted by Crippen LogP contribution is 2.17. The molecule has 0 saturated heterocycles. The molecule has 1 radical (unpaired) electrons. The Balaban J connectivity index is 2.08. The molecule has 2 N–H and O–H groups in total. The fourth-order valence-corrected chi connectivity index (χ4v) is 3.14. The van der Waals surface area contributed by atoms with Crippen LogP contribution < -0.4 is 5.32 Å². The largest absolute Gasteiger partial charge is 0.444 e. The minimum absolute atomic E-state index is 0.200. The van der Waals surface area contributed by atoms with Crippen LogP contribution in [0.2, 0.25) is 0 Å². The van der Waals surface area contributed by atoms with Crippen LogP contribution in [0, 0.1) is 5.92 Å². The Kier molecular flexibility index (Phi) is 8.40. The number of hydrogen-bond donors (Lipinski definition) is 2. The number of aliphatic hydroxyl groups is 1. The van der Waals surface area contributed by atoms with Crippen molar-refractivity contribution in [1.29, 1.82) is 0 Å². The lowest BCUT2D eigenvalue weighted by Gasteiger charge is -2.28. The van der Waals surface area contributed by atoms with E-state index in [1.807, 2.05) is 66.9 Å². The van der Waals surface area contributed by atoms with Crippen LogP contribution in [-0.4, -0.2) is 35.2 Å². The van der Waals surface area contributed by atoms with E-state index in [0.29, 0.717) is 12.8 Å². The second kappa shape index (κ2) is 10.8. The summed E-state index contributed by atoms with van der Waals surface area (Å²) in [6.45, 7) is 5.35. The summed E-state index contributed by atoms with van der Waals surface area (Å²) < 4.78 is 5.34. The molecule has 0 fully saturated rings. The molecule has 5 heteroatoms. The predicted molar refractivity (Wildman–Crippen MR) is 113 cm³/mol. The molecule has 0 aliphatic heterocycles. The van der Waals surface area contributed by atoms with Gasteiger partial charge in [-0.15, -0.1) is 0 Å². The number of carbonyl (C=O) groups excluding carboxylic acids is 2. The van der Waals surface area contributed by atoms with E-state index in [2.05, 4.69) is 5.32 Å². The number of carbonyl (C=O) groups is 1. The molecular formula is C24H30NO4. The zero-order valence-electron chi connectivity index (χ0n) is 17.3. The lowest BCUT2D eigenvalue weighted by Crippen LogP contribution is -2.47. The summed E-state index contributed by atoms with van der Waals surface area (Å²) in [5, 5.41) is 13.6. The van der Waals surface area contributed by atoms with E-state index in [-0.39, 0.29) is 6.42 Å². The standard InChI is InChI=1S/C24H30NO4/c1-24(2,3)29-23(28)25-21(15-19-12-8-5-9-13-19)22(27)16-20(17-26)14-18-10-6-4-7-11-18/h4-13,20-22,27H,14-16H2,1-3H3,(H,25,28)/t20-,21+,22+/m1/s1. The van der Waals surface area contributed by atoms with Crippen molar-refractivity contribution in [2.24, 2.45) is 5.92 Å². The van der Waals surface area contributed by atoms with E-state index in [1.165, 1.54) is 0 Å². The molecule has 3 atom stereocenters. The van der Waals surface area contributed by atoms with Crippen LogP contribution in [0.5, 0.6) is 0 Å². The highest BCUT2D eigenvalue weighted by Gasteiger charge is 2.27. The highest BCUT2D eigenvalue weighted by molar-refractivity contribution is 5.68. The Labute approximate surface area is 173 Å². The molecule has 2 aromatic carbocycles. The smallest absolute Gasteiger partial charge is 0.407 e. The molecule has 5 nitrogen and oxygen atoms in total. The summed E-state index contributed by atoms with van der Waals surface area (Å²) in [5.74, 6) is -0.467. The maximum atomic E-state index is 12.3. The Bertz CT molecular complexity index is 755. The SMILES string of the molecule is CC(C)(C)OC(=O)N[C@@H](Cc1ccccc1)[C@@H](O)C[C@H]([C]=O)Cc1ccccc1. The lowest BCUT2D eigenvalue weighted by molar-refractivity contribution is 0.0403. The zero-order valence-corrected chi connectivity index (χ0v) is 17.3. The summed E-state index contributed by atoms with van der Waals surface area (Å²) >= 11 is 0. The number of benzene rings is 2. The average molecular weight is 397 g/mol. The fourth-order valence-electron chi connectivity index (χ4n) is 3.14. The molecule has 0 unspecified atom stereocenters. The van der Waals surface area contributed by atoms with E-state index in [0.717, 1.165) is 11.1 Å². The lowest BCUT2D eigenvalue weighted by atomic mass is 9.90. The first-order chi connectivity index (χ1) is 13.8. The number of ether oxygens (including phenoxy) is 1. The highest BCUT2D eigenvalue weighted by atomic mass is 16.6. The van der Waals surface area contributed by atoms with Crippen LogP contribution >= 0.6 is 0 Å². The third-order valence-corrected chi connectivity index (χ3v) is 4.48. The number of nitrogens with one attached hydrogen (secondary N) is 1. The summed E-state index contributed by atoms with van der Waals surface area (Å²) in [4.78, 5) is 23.8. The Morgan fingerprint density at radius 2 is 1.52 bits per heavy atom. The number of alkyl carbamates (subject to hydrolysis) is 1. The number of rotatable bonds is 9. The second-order valence-corrected chi connectivity index (χ2v) is 8.25. The van der Waals surface area contributed by atoms with Gasteiger partial charge in [0, 0.05) is 5.92 Å². The van der Waals surface area contributed by atoms with Gasteiger partial charge in [-0.1, -0.05) is 60.7 Å². The van der Waals surface area contributed by atoms with Gasteiger partial charge in [-0.05, 0) is 51.2 Å². The van der Waals surface area contributed by atoms with Crippen LogP contribution in [0.15, 0.2) is 60.7 Å². The molecule has 155 valence electrons. The van der Waals surface area contributed by atoms with Crippen LogP contribution in [0.4, 0.5) is 4.79 Å². The number of hydrogen-bond acceptors (Lipinski definition) is 4. The van der Waals surface area contributed by atoms with Gasteiger partial charge in [0.15, 0.2) is 0 Å². The molecule has 0 bridgehead atoms. The molecule has 0 aliphatic rings. The Morgan fingerprint density at radius 1 is 1.00 bits per heavy atom. The van der Waals surface area contributed by atoms with Crippen molar-refractivity contribution in [3.05, 3.63) is 71.8 Å². The topological polar surface area (TPSA) is 75.6 Å². The van der Waals surface area contributed by atoms with Gasteiger partial charge in [-0.3, -0.25) is 4.79 Å². The van der Waals surface area contributed by atoms with E-state index in [9.17, 15) is 14.7 Å². The molecule has 0 aliphatic carbocycles. The van der Waals surface area contributed by atoms with Crippen molar-refractivity contribution in [1.82, 2.24) is 5.32 Å². The molecule has 2 rings (SSSR count). The Morgan fingerprint density at radius 3 is 2.00 bits per heavy atom. The maximum absolute atomic E-state index is 12.3. The summed E-state index contributed by atoms with van der Waals surface area (Å²) in [5.41, 5.74) is 1.34. The van der Waals surface area contributed by atoms with Crippen LogP contribution in [0.1, 0.15) is 38.3 Å². The normalized spacial score (nSPS) is 14.5. The summed E-state index contributed by atoms with van der Waals surface area (Å²) in [6.07, 6.45) is 1.65. The molecule has 29 heavy (non-hydrogen) atoms. The maximum Gasteiger partial charge on any atom is 0.407 e. The molecule has 0 saturated carbocycles.